The lowest BCUT2D eigenvalue weighted by atomic mass is 10.00. The van der Waals surface area contributed by atoms with Gasteiger partial charge in [-0.25, -0.2) is 4.79 Å². The van der Waals surface area contributed by atoms with Crippen molar-refractivity contribution in [1.29, 1.82) is 0 Å². The smallest absolute Gasteiger partial charge is 0.344 e. The first-order valence-electron chi connectivity index (χ1n) is 7.93. The van der Waals surface area contributed by atoms with Gasteiger partial charge in [-0.3, -0.25) is 4.79 Å². The van der Waals surface area contributed by atoms with E-state index < -0.39 is 5.97 Å². The summed E-state index contributed by atoms with van der Waals surface area (Å²) in [5, 5.41) is 0. The molecule has 6 heteroatoms. The second-order valence-corrected chi connectivity index (χ2v) is 6.46. The van der Waals surface area contributed by atoms with Gasteiger partial charge < -0.3 is 14.4 Å². The fourth-order valence-corrected chi connectivity index (χ4v) is 2.96. The number of piperidine rings is 1. The van der Waals surface area contributed by atoms with Gasteiger partial charge in [0.05, 0.1) is 0 Å². The first kappa shape index (κ1) is 17.8. The predicted octanol–water partition coefficient (Wildman–Crippen LogP) is 3.16. The Morgan fingerprint density at radius 2 is 1.96 bits per heavy atom. The number of carbonyl (C=O) groups is 2. The summed E-state index contributed by atoms with van der Waals surface area (Å²) < 4.78 is 11.3. The molecule has 126 valence electrons. The number of halogens is 1. The van der Waals surface area contributed by atoms with Crippen LogP contribution in [0.2, 0.25) is 0 Å². The molecule has 1 amide bonds. The van der Waals surface area contributed by atoms with Gasteiger partial charge in [0.2, 0.25) is 0 Å². The van der Waals surface area contributed by atoms with Crippen LogP contribution in [0.25, 0.3) is 0 Å². The molecule has 0 aromatic heterocycles. The van der Waals surface area contributed by atoms with Crippen LogP contribution in [0.4, 0.5) is 0 Å². The molecule has 5 nitrogen and oxygen atoms in total. The van der Waals surface area contributed by atoms with E-state index in [0.717, 1.165) is 36.7 Å². The van der Waals surface area contributed by atoms with Gasteiger partial charge in [-0.2, -0.15) is 0 Å². The number of rotatable bonds is 6. The first-order valence-corrected chi connectivity index (χ1v) is 8.73. The SMILES string of the molecule is CC[C@@H]1CCCCN1C(=O)COC(=O)COc1ccc(Br)cc1. The Kier molecular flexibility index (Phi) is 6.89. The van der Waals surface area contributed by atoms with E-state index >= 15 is 0 Å². The van der Waals surface area contributed by atoms with E-state index in [2.05, 4.69) is 22.9 Å². The van der Waals surface area contributed by atoms with E-state index in [9.17, 15) is 9.59 Å². The van der Waals surface area contributed by atoms with Crippen LogP contribution in [0.15, 0.2) is 28.7 Å². The van der Waals surface area contributed by atoms with Gasteiger partial charge in [0.15, 0.2) is 13.2 Å². The number of esters is 1. The molecule has 0 saturated carbocycles. The van der Waals surface area contributed by atoms with E-state index in [4.69, 9.17) is 9.47 Å². The van der Waals surface area contributed by atoms with Crippen LogP contribution in [-0.2, 0) is 14.3 Å². The third kappa shape index (κ3) is 5.53. The second-order valence-electron chi connectivity index (χ2n) is 5.55. The molecule has 1 heterocycles. The minimum Gasteiger partial charge on any atom is -0.482 e. The molecule has 0 spiro atoms. The largest absolute Gasteiger partial charge is 0.482 e. The van der Waals surface area contributed by atoms with Crippen molar-refractivity contribution in [3.63, 3.8) is 0 Å². The van der Waals surface area contributed by atoms with Gasteiger partial charge in [0.1, 0.15) is 5.75 Å². The lowest BCUT2D eigenvalue weighted by molar-refractivity contribution is -0.155. The monoisotopic (exact) mass is 383 g/mol. The number of ether oxygens (including phenoxy) is 2. The van der Waals surface area contributed by atoms with Crippen LogP contribution < -0.4 is 4.74 Å². The summed E-state index contributed by atoms with van der Waals surface area (Å²) in [5.41, 5.74) is 0. The number of hydrogen-bond donors (Lipinski definition) is 0. The molecular weight excluding hydrogens is 362 g/mol. The van der Waals surface area contributed by atoms with E-state index in [0.29, 0.717) is 5.75 Å². The van der Waals surface area contributed by atoms with Crippen LogP contribution in [0, 0.1) is 0 Å². The quantitative estimate of drug-likeness (QED) is 0.707. The highest BCUT2D eigenvalue weighted by atomic mass is 79.9. The van der Waals surface area contributed by atoms with Crippen molar-refractivity contribution in [2.75, 3.05) is 19.8 Å². The molecule has 0 bridgehead atoms. The van der Waals surface area contributed by atoms with E-state index in [-0.39, 0.29) is 25.2 Å². The van der Waals surface area contributed by atoms with Gasteiger partial charge in [-0.15, -0.1) is 0 Å². The Morgan fingerprint density at radius 3 is 2.65 bits per heavy atom. The van der Waals surface area contributed by atoms with Gasteiger partial charge in [0, 0.05) is 17.1 Å². The highest BCUT2D eigenvalue weighted by molar-refractivity contribution is 9.10. The van der Waals surface area contributed by atoms with Crippen molar-refractivity contribution in [1.82, 2.24) is 4.90 Å². The average molecular weight is 384 g/mol. The van der Waals surface area contributed by atoms with Gasteiger partial charge >= 0.3 is 5.97 Å². The van der Waals surface area contributed by atoms with Crippen molar-refractivity contribution in [3.05, 3.63) is 28.7 Å². The number of likely N-dealkylation sites (tertiary alicyclic amines) is 1. The molecule has 1 aromatic rings. The van der Waals surface area contributed by atoms with Crippen molar-refractivity contribution in [2.45, 2.75) is 38.6 Å². The third-order valence-corrected chi connectivity index (χ3v) is 4.47. The van der Waals surface area contributed by atoms with Crippen LogP contribution in [0.5, 0.6) is 5.75 Å². The van der Waals surface area contributed by atoms with Crippen molar-refractivity contribution in [2.24, 2.45) is 0 Å². The molecule has 1 aliphatic heterocycles. The molecule has 23 heavy (non-hydrogen) atoms. The minimum absolute atomic E-state index is 0.117. The zero-order valence-electron chi connectivity index (χ0n) is 13.3. The van der Waals surface area contributed by atoms with Gasteiger partial charge in [0.25, 0.3) is 5.91 Å². The maximum atomic E-state index is 12.2. The molecule has 0 aliphatic carbocycles. The number of amides is 1. The normalized spacial score (nSPS) is 17.7. The number of carbonyl (C=O) groups excluding carboxylic acids is 2. The predicted molar refractivity (Wildman–Crippen MR) is 90.2 cm³/mol. The molecule has 0 unspecified atom stereocenters. The highest BCUT2D eigenvalue weighted by Crippen LogP contribution is 2.19. The third-order valence-electron chi connectivity index (χ3n) is 3.95. The van der Waals surface area contributed by atoms with Crippen molar-refractivity contribution in [3.8, 4) is 5.75 Å². The Hall–Kier alpha value is -1.56. The van der Waals surface area contributed by atoms with Gasteiger partial charge in [-0.05, 0) is 49.9 Å². The maximum Gasteiger partial charge on any atom is 0.344 e. The fraction of sp³-hybridized carbons (Fsp3) is 0.529. The molecule has 1 saturated heterocycles. The average Bonchev–Trinajstić information content (AvgIpc) is 2.59. The van der Waals surface area contributed by atoms with E-state index in [1.54, 1.807) is 12.1 Å². The summed E-state index contributed by atoms with van der Waals surface area (Å²) in [6, 6.07) is 7.43. The summed E-state index contributed by atoms with van der Waals surface area (Å²) in [7, 11) is 0. The van der Waals surface area contributed by atoms with E-state index in [1.807, 2.05) is 17.0 Å². The zero-order valence-corrected chi connectivity index (χ0v) is 14.9. The van der Waals surface area contributed by atoms with E-state index in [1.165, 1.54) is 0 Å². The molecule has 0 radical (unpaired) electrons. The van der Waals surface area contributed by atoms with Crippen LogP contribution >= 0.6 is 15.9 Å². The number of hydrogen-bond acceptors (Lipinski definition) is 4. The first-order chi connectivity index (χ1) is 11.1. The highest BCUT2D eigenvalue weighted by Gasteiger charge is 2.25. The van der Waals surface area contributed by atoms with Crippen LogP contribution in [0.1, 0.15) is 32.6 Å². The molecule has 1 aromatic carbocycles. The molecule has 0 N–H and O–H groups in total. The van der Waals surface area contributed by atoms with Crippen molar-refractivity contribution < 1.29 is 19.1 Å². The Balaban J connectivity index is 1.73. The number of benzene rings is 1. The Bertz CT molecular complexity index is 532. The summed E-state index contributed by atoms with van der Waals surface area (Å²) in [6.07, 6.45) is 4.14. The zero-order chi connectivity index (χ0) is 16.7. The number of nitrogens with zero attached hydrogens (tertiary/aromatic N) is 1. The fourth-order valence-electron chi connectivity index (χ4n) is 2.69. The lowest BCUT2D eigenvalue weighted by Crippen LogP contribution is -2.45. The summed E-state index contributed by atoms with van der Waals surface area (Å²) in [6.45, 7) is 2.42. The summed E-state index contributed by atoms with van der Waals surface area (Å²) >= 11 is 3.33. The Labute approximate surface area is 145 Å². The van der Waals surface area contributed by atoms with Gasteiger partial charge in [-0.1, -0.05) is 22.9 Å². The minimum atomic E-state index is -0.536. The molecule has 2 rings (SSSR count). The summed E-state index contributed by atoms with van der Waals surface area (Å²) in [4.78, 5) is 25.7. The molecular formula is C17H22BrNO4. The second kappa shape index (κ2) is 8.91. The lowest BCUT2D eigenvalue weighted by Gasteiger charge is -2.35. The maximum absolute atomic E-state index is 12.2. The summed E-state index contributed by atoms with van der Waals surface area (Å²) in [5.74, 6) is -0.0709. The topological polar surface area (TPSA) is 55.8 Å². The molecule has 1 fully saturated rings. The molecule has 1 aliphatic rings. The molecule has 1 atom stereocenters. The standard InChI is InChI=1S/C17H22BrNO4/c1-2-14-5-3-4-10-19(14)16(20)11-23-17(21)12-22-15-8-6-13(18)7-9-15/h6-9,14H,2-5,10-12H2,1H3/t14-/m1/s1. The van der Waals surface area contributed by atoms with Crippen LogP contribution in [0.3, 0.4) is 0 Å². The Morgan fingerprint density at radius 1 is 1.22 bits per heavy atom. The van der Waals surface area contributed by atoms with Crippen molar-refractivity contribution >= 4 is 27.8 Å². The van der Waals surface area contributed by atoms with Crippen LogP contribution in [-0.4, -0.2) is 42.6 Å².